The van der Waals surface area contributed by atoms with Gasteiger partial charge in [-0.1, -0.05) is 61.9 Å². The SMILES string of the molecule is CCCCOc1ccc(CN(Cc2ccccc2)C(=O)Nc2cccc(C(F)(F)F)c2)cc1. The van der Waals surface area contributed by atoms with Gasteiger partial charge in [-0.2, -0.15) is 13.2 Å². The second-order valence-corrected chi connectivity index (χ2v) is 7.70. The highest BCUT2D eigenvalue weighted by molar-refractivity contribution is 5.89. The number of halogens is 3. The van der Waals surface area contributed by atoms with Crippen LogP contribution < -0.4 is 10.1 Å². The molecule has 174 valence electrons. The maximum Gasteiger partial charge on any atom is 0.416 e. The summed E-state index contributed by atoms with van der Waals surface area (Å²) in [5, 5.41) is 2.60. The number of amides is 2. The predicted molar refractivity (Wildman–Crippen MR) is 123 cm³/mol. The molecule has 3 aromatic carbocycles. The molecular formula is C26H27F3N2O2. The number of nitrogens with zero attached hydrogens (tertiary/aromatic N) is 1. The van der Waals surface area contributed by atoms with Gasteiger partial charge in [-0.3, -0.25) is 0 Å². The first-order chi connectivity index (χ1) is 15.8. The van der Waals surface area contributed by atoms with E-state index in [1.54, 1.807) is 4.90 Å². The minimum atomic E-state index is -4.48. The summed E-state index contributed by atoms with van der Waals surface area (Å²) >= 11 is 0. The van der Waals surface area contributed by atoms with Crippen molar-refractivity contribution in [3.05, 3.63) is 95.6 Å². The van der Waals surface area contributed by atoms with Crippen molar-refractivity contribution >= 4 is 11.7 Å². The largest absolute Gasteiger partial charge is 0.494 e. The number of unbranched alkanes of at least 4 members (excludes halogenated alkanes) is 1. The van der Waals surface area contributed by atoms with Gasteiger partial charge < -0.3 is 15.0 Å². The van der Waals surface area contributed by atoms with E-state index in [4.69, 9.17) is 4.74 Å². The molecule has 0 spiro atoms. The van der Waals surface area contributed by atoms with E-state index in [1.807, 2.05) is 54.6 Å². The van der Waals surface area contributed by atoms with Gasteiger partial charge in [0.2, 0.25) is 0 Å². The summed E-state index contributed by atoms with van der Waals surface area (Å²) in [6, 6.07) is 21.1. The third-order valence-corrected chi connectivity index (χ3v) is 5.01. The molecule has 1 N–H and O–H groups in total. The average molecular weight is 457 g/mol. The molecule has 0 saturated heterocycles. The Morgan fingerprint density at radius 1 is 0.909 bits per heavy atom. The van der Waals surface area contributed by atoms with Gasteiger partial charge in [-0.05, 0) is 47.9 Å². The molecule has 3 rings (SSSR count). The number of nitrogens with one attached hydrogen (secondary N) is 1. The maximum absolute atomic E-state index is 13.0. The van der Waals surface area contributed by atoms with Gasteiger partial charge in [0.1, 0.15) is 5.75 Å². The maximum atomic E-state index is 13.0. The van der Waals surface area contributed by atoms with Crippen molar-refractivity contribution in [2.75, 3.05) is 11.9 Å². The Hall–Kier alpha value is -3.48. The predicted octanol–water partition coefficient (Wildman–Crippen LogP) is 7.12. The number of hydrogen-bond acceptors (Lipinski definition) is 2. The van der Waals surface area contributed by atoms with E-state index in [-0.39, 0.29) is 12.2 Å². The van der Waals surface area contributed by atoms with Crippen LogP contribution >= 0.6 is 0 Å². The summed E-state index contributed by atoms with van der Waals surface area (Å²) in [6.07, 6.45) is -2.46. The second kappa shape index (κ2) is 11.4. The van der Waals surface area contributed by atoms with Crippen LogP contribution in [0, 0.1) is 0 Å². The summed E-state index contributed by atoms with van der Waals surface area (Å²) in [5.41, 5.74) is 1.07. The molecule has 0 unspecified atom stereocenters. The zero-order chi connectivity index (χ0) is 23.7. The molecule has 7 heteroatoms. The lowest BCUT2D eigenvalue weighted by Crippen LogP contribution is -2.34. The highest BCUT2D eigenvalue weighted by Crippen LogP contribution is 2.30. The van der Waals surface area contributed by atoms with Crippen molar-refractivity contribution in [2.45, 2.75) is 39.0 Å². The van der Waals surface area contributed by atoms with Gasteiger partial charge in [0.05, 0.1) is 12.2 Å². The monoisotopic (exact) mass is 456 g/mol. The summed E-state index contributed by atoms with van der Waals surface area (Å²) < 4.78 is 44.8. The lowest BCUT2D eigenvalue weighted by Gasteiger charge is -2.24. The van der Waals surface area contributed by atoms with E-state index in [0.717, 1.165) is 41.9 Å². The number of rotatable bonds is 9. The molecule has 0 radical (unpaired) electrons. The van der Waals surface area contributed by atoms with Crippen molar-refractivity contribution in [3.8, 4) is 5.75 Å². The van der Waals surface area contributed by atoms with E-state index in [1.165, 1.54) is 12.1 Å². The highest BCUT2D eigenvalue weighted by Gasteiger charge is 2.30. The van der Waals surface area contributed by atoms with Gasteiger partial charge >= 0.3 is 12.2 Å². The highest BCUT2D eigenvalue weighted by atomic mass is 19.4. The van der Waals surface area contributed by atoms with Crippen molar-refractivity contribution in [2.24, 2.45) is 0 Å². The topological polar surface area (TPSA) is 41.6 Å². The third kappa shape index (κ3) is 7.56. The summed E-state index contributed by atoms with van der Waals surface area (Å²) in [4.78, 5) is 14.6. The Labute approximate surface area is 192 Å². The van der Waals surface area contributed by atoms with Crippen molar-refractivity contribution in [1.29, 1.82) is 0 Å². The molecule has 0 saturated carbocycles. The van der Waals surface area contributed by atoms with Crippen LogP contribution in [0.2, 0.25) is 0 Å². The number of carbonyl (C=O) groups is 1. The zero-order valence-corrected chi connectivity index (χ0v) is 18.4. The molecule has 2 amide bonds. The molecule has 4 nitrogen and oxygen atoms in total. The lowest BCUT2D eigenvalue weighted by molar-refractivity contribution is -0.137. The molecule has 0 fully saturated rings. The second-order valence-electron chi connectivity index (χ2n) is 7.70. The minimum absolute atomic E-state index is 0.0903. The van der Waals surface area contributed by atoms with Crippen LogP contribution in [-0.4, -0.2) is 17.5 Å². The van der Waals surface area contributed by atoms with Crippen LogP contribution in [0.25, 0.3) is 0 Å². The number of carbonyl (C=O) groups excluding carboxylic acids is 1. The van der Waals surface area contributed by atoms with Crippen molar-refractivity contribution in [3.63, 3.8) is 0 Å². The van der Waals surface area contributed by atoms with Crippen LogP contribution in [0.15, 0.2) is 78.9 Å². The van der Waals surface area contributed by atoms with E-state index in [9.17, 15) is 18.0 Å². The fourth-order valence-electron chi connectivity index (χ4n) is 3.22. The summed E-state index contributed by atoms with van der Waals surface area (Å²) in [7, 11) is 0. The van der Waals surface area contributed by atoms with Crippen molar-refractivity contribution in [1.82, 2.24) is 4.90 Å². The molecule has 0 aliphatic carbocycles. The van der Waals surface area contributed by atoms with E-state index in [2.05, 4.69) is 12.2 Å². The molecule has 0 atom stereocenters. The number of benzene rings is 3. The van der Waals surface area contributed by atoms with E-state index < -0.39 is 17.8 Å². The third-order valence-electron chi connectivity index (χ3n) is 5.01. The Balaban J connectivity index is 1.74. The summed E-state index contributed by atoms with van der Waals surface area (Å²) in [6.45, 7) is 3.34. The van der Waals surface area contributed by atoms with Crippen LogP contribution in [0.1, 0.15) is 36.5 Å². The molecule has 33 heavy (non-hydrogen) atoms. The van der Waals surface area contributed by atoms with Crippen LogP contribution in [-0.2, 0) is 19.3 Å². The first-order valence-electron chi connectivity index (χ1n) is 10.8. The molecular weight excluding hydrogens is 429 g/mol. The molecule has 0 heterocycles. The Morgan fingerprint density at radius 2 is 1.58 bits per heavy atom. The number of hydrogen-bond donors (Lipinski definition) is 1. The normalized spacial score (nSPS) is 11.2. The minimum Gasteiger partial charge on any atom is -0.494 e. The molecule has 0 aliphatic heterocycles. The molecule has 0 bridgehead atoms. The fraction of sp³-hybridized carbons (Fsp3) is 0.269. The molecule has 0 aromatic heterocycles. The quantitative estimate of drug-likeness (QED) is 0.348. The Morgan fingerprint density at radius 3 is 2.21 bits per heavy atom. The summed E-state index contributed by atoms with van der Waals surface area (Å²) in [5.74, 6) is 0.759. The van der Waals surface area contributed by atoms with Crippen LogP contribution in [0.4, 0.5) is 23.7 Å². The fourth-order valence-corrected chi connectivity index (χ4v) is 3.22. The molecule has 0 aliphatic rings. The number of ether oxygens (including phenoxy) is 1. The van der Waals surface area contributed by atoms with E-state index in [0.29, 0.717) is 13.2 Å². The van der Waals surface area contributed by atoms with Crippen LogP contribution in [0.5, 0.6) is 5.75 Å². The first-order valence-corrected chi connectivity index (χ1v) is 10.8. The van der Waals surface area contributed by atoms with Gasteiger partial charge in [-0.25, -0.2) is 4.79 Å². The zero-order valence-electron chi connectivity index (χ0n) is 18.4. The van der Waals surface area contributed by atoms with Crippen molar-refractivity contribution < 1.29 is 22.7 Å². The Bertz CT molecular complexity index is 1020. The smallest absolute Gasteiger partial charge is 0.416 e. The number of alkyl halides is 3. The van der Waals surface area contributed by atoms with Gasteiger partial charge in [-0.15, -0.1) is 0 Å². The van der Waals surface area contributed by atoms with E-state index >= 15 is 0 Å². The first kappa shape index (κ1) is 24.2. The standard InChI is InChI=1S/C26H27F3N2O2/c1-2-3-16-33-24-14-12-21(13-15-24)19-31(18-20-8-5-4-6-9-20)25(32)30-23-11-7-10-22(17-23)26(27,28)29/h4-15,17H,2-3,16,18-19H2,1H3,(H,30,32). The number of anilines is 1. The molecule has 3 aromatic rings. The van der Waals surface area contributed by atoms with Gasteiger partial charge in [0.15, 0.2) is 0 Å². The van der Waals surface area contributed by atoms with Gasteiger partial charge in [0, 0.05) is 18.8 Å². The van der Waals surface area contributed by atoms with Crippen LogP contribution in [0.3, 0.4) is 0 Å². The Kier molecular flexibility index (Phi) is 8.35. The average Bonchev–Trinajstić information content (AvgIpc) is 2.80. The number of urea groups is 1. The van der Waals surface area contributed by atoms with Gasteiger partial charge in [0.25, 0.3) is 0 Å². The lowest BCUT2D eigenvalue weighted by atomic mass is 10.1.